The minimum Gasteiger partial charge on any atom is -0.390 e. The monoisotopic (exact) mass is 267 g/mol. The first-order valence-corrected chi connectivity index (χ1v) is 8.19. The fourth-order valence-electron chi connectivity index (χ4n) is 3.53. The molecule has 2 N–H and O–H groups in total. The van der Waals surface area contributed by atoms with Crippen molar-refractivity contribution in [2.45, 2.75) is 56.7 Å². The maximum Gasteiger partial charge on any atom is 0.0791 e. The lowest BCUT2D eigenvalue weighted by Gasteiger charge is -2.38. The minimum absolute atomic E-state index is 0.196. The lowest BCUT2D eigenvalue weighted by atomic mass is 10.1. The maximum absolute atomic E-state index is 10.0. The summed E-state index contributed by atoms with van der Waals surface area (Å²) in [4.78, 5) is 5.11. The minimum atomic E-state index is -0.196. The molecule has 4 nitrogen and oxygen atoms in total. The Hall–Kier alpha value is -0.160. The van der Waals surface area contributed by atoms with Gasteiger partial charge >= 0.3 is 0 Å². The van der Waals surface area contributed by atoms with Crippen molar-refractivity contribution in [1.82, 2.24) is 15.1 Å². The first kappa shape index (κ1) is 13.8. The van der Waals surface area contributed by atoms with Crippen LogP contribution in [0.1, 0.15) is 38.5 Å². The molecule has 19 heavy (non-hydrogen) atoms. The van der Waals surface area contributed by atoms with Crippen LogP contribution < -0.4 is 5.32 Å². The SMILES string of the molecule is OC(CNC1CC1)CN1CCN(C2CCCC2)CC1. The largest absolute Gasteiger partial charge is 0.390 e. The Morgan fingerprint density at radius 3 is 2.32 bits per heavy atom. The third-order valence-corrected chi connectivity index (χ3v) is 4.94. The lowest BCUT2D eigenvalue weighted by molar-refractivity contribution is 0.0572. The summed E-state index contributed by atoms with van der Waals surface area (Å²) in [5.74, 6) is 0. The van der Waals surface area contributed by atoms with Crippen molar-refractivity contribution in [2.75, 3.05) is 39.3 Å². The molecule has 2 aliphatic carbocycles. The third kappa shape index (κ3) is 4.15. The van der Waals surface area contributed by atoms with E-state index in [0.717, 1.165) is 32.2 Å². The summed E-state index contributed by atoms with van der Waals surface area (Å²) in [6.45, 7) is 6.29. The molecule has 110 valence electrons. The zero-order valence-corrected chi connectivity index (χ0v) is 12.1. The van der Waals surface area contributed by atoms with Crippen molar-refractivity contribution in [1.29, 1.82) is 0 Å². The Balaban J connectivity index is 1.32. The Morgan fingerprint density at radius 1 is 1.00 bits per heavy atom. The van der Waals surface area contributed by atoms with E-state index in [2.05, 4.69) is 15.1 Å². The van der Waals surface area contributed by atoms with Gasteiger partial charge in [-0.3, -0.25) is 9.80 Å². The molecule has 1 heterocycles. The van der Waals surface area contributed by atoms with Gasteiger partial charge in [-0.1, -0.05) is 12.8 Å². The molecular weight excluding hydrogens is 238 g/mol. The van der Waals surface area contributed by atoms with Crippen LogP contribution >= 0.6 is 0 Å². The molecule has 1 saturated heterocycles. The summed E-state index contributed by atoms with van der Waals surface area (Å²) in [6.07, 6.45) is 8.08. The zero-order valence-electron chi connectivity index (χ0n) is 12.1. The van der Waals surface area contributed by atoms with Gasteiger partial charge < -0.3 is 10.4 Å². The molecule has 0 aromatic heterocycles. The van der Waals surface area contributed by atoms with E-state index in [0.29, 0.717) is 6.04 Å². The number of nitrogens with one attached hydrogen (secondary N) is 1. The summed E-state index contributed by atoms with van der Waals surface area (Å²) in [7, 11) is 0. The molecule has 3 rings (SSSR count). The molecular formula is C15H29N3O. The molecule has 3 fully saturated rings. The summed E-state index contributed by atoms with van der Waals surface area (Å²) >= 11 is 0. The van der Waals surface area contributed by atoms with Crippen LogP contribution in [-0.2, 0) is 0 Å². The van der Waals surface area contributed by atoms with Crippen LogP contribution in [0.5, 0.6) is 0 Å². The summed E-state index contributed by atoms with van der Waals surface area (Å²) < 4.78 is 0. The van der Waals surface area contributed by atoms with Crippen molar-refractivity contribution in [2.24, 2.45) is 0 Å². The normalized spacial score (nSPS) is 28.9. The number of β-amino-alcohol motifs (C(OH)–C–C–N with tert-alkyl or cyclic N) is 1. The average molecular weight is 267 g/mol. The number of nitrogens with zero attached hydrogens (tertiary/aromatic N) is 2. The van der Waals surface area contributed by atoms with Crippen molar-refractivity contribution in [3.63, 3.8) is 0 Å². The Labute approximate surface area is 117 Å². The molecule has 1 unspecified atom stereocenters. The highest BCUT2D eigenvalue weighted by molar-refractivity contribution is 4.84. The number of aliphatic hydroxyl groups is 1. The summed E-state index contributed by atoms with van der Waals surface area (Å²) in [6, 6.07) is 1.57. The van der Waals surface area contributed by atoms with Crippen molar-refractivity contribution in [3.8, 4) is 0 Å². The molecule has 4 heteroatoms. The summed E-state index contributed by atoms with van der Waals surface area (Å²) in [5.41, 5.74) is 0. The van der Waals surface area contributed by atoms with E-state index in [4.69, 9.17) is 0 Å². The number of hydrogen-bond acceptors (Lipinski definition) is 4. The highest BCUT2D eigenvalue weighted by Gasteiger charge is 2.27. The van der Waals surface area contributed by atoms with Gasteiger partial charge in [0.25, 0.3) is 0 Å². The van der Waals surface area contributed by atoms with Crippen LogP contribution in [0.4, 0.5) is 0 Å². The first-order valence-electron chi connectivity index (χ1n) is 8.19. The fourth-order valence-corrected chi connectivity index (χ4v) is 3.53. The molecule has 3 aliphatic rings. The van der Waals surface area contributed by atoms with Gasteiger partial charge in [0.1, 0.15) is 0 Å². The van der Waals surface area contributed by atoms with E-state index in [-0.39, 0.29) is 6.10 Å². The van der Waals surface area contributed by atoms with Crippen LogP contribution in [0.2, 0.25) is 0 Å². The van der Waals surface area contributed by atoms with Gasteiger partial charge in [-0.05, 0) is 25.7 Å². The molecule has 0 spiro atoms. The maximum atomic E-state index is 10.0. The van der Waals surface area contributed by atoms with E-state index in [9.17, 15) is 5.11 Å². The van der Waals surface area contributed by atoms with Crippen LogP contribution in [0.15, 0.2) is 0 Å². The topological polar surface area (TPSA) is 38.7 Å². The van der Waals surface area contributed by atoms with Crippen LogP contribution in [-0.4, -0.2) is 72.4 Å². The molecule has 0 bridgehead atoms. The predicted molar refractivity (Wildman–Crippen MR) is 77.3 cm³/mol. The van der Waals surface area contributed by atoms with E-state index < -0.39 is 0 Å². The van der Waals surface area contributed by atoms with Crippen molar-refractivity contribution < 1.29 is 5.11 Å². The third-order valence-electron chi connectivity index (χ3n) is 4.94. The highest BCUT2D eigenvalue weighted by Crippen LogP contribution is 2.24. The number of hydrogen-bond donors (Lipinski definition) is 2. The Bertz CT molecular complexity index is 269. The van der Waals surface area contributed by atoms with Gasteiger partial charge in [0.2, 0.25) is 0 Å². The molecule has 0 radical (unpaired) electrons. The van der Waals surface area contributed by atoms with E-state index in [1.165, 1.54) is 51.6 Å². The lowest BCUT2D eigenvalue weighted by Crippen LogP contribution is -2.52. The smallest absolute Gasteiger partial charge is 0.0791 e. The van der Waals surface area contributed by atoms with Gasteiger partial charge in [0, 0.05) is 51.4 Å². The van der Waals surface area contributed by atoms with Gasteiger partial charge in [0.15, 0.2) is 0 Å². The second kappa shape index (κ2) is 6.53. The predicted octanol–water partition coefficient (Wildman–Crippen LogP) is 0.659. The second-order valence-corrected chi connectivity index (χ2v) is 6.61. The van der Waals surface area contributed by atoms with Gasteiger partial charge in [-0.2, -0.15) is 0 Å². The Morgan fingerprint density at radius 2 is 1.68 bits per heavy atom. The zero-order chi connectivity index (χ0) is 13.1. The quantitative estimate of drug-likeness (QED) is 0.741. The number of piperazine rings is 1. The molecule has 1 aliphatic heterocycles. The van der Waals surface area contributed by atoms with E-state index in [1.54, 1.807) is 0 Å². The molecule has 0 amide bonds. The van der Waals surface area contributed by atoms with E-state index in [1.807, 2.05) is 0 Å². The fraction of sp³-hybridized carbons (Fsp3) is 1.00. The van der Waals surface area contributed by atoms with Crippen molar-refractivity contribution in [3.05, 3.63) is 0 Å². The number of aliphatic hydroxyl groups excluding tert-OH is 1. The van der Waals surface area contributed by atoms with E-state index >= 15 is 0 Å². The molecule has 2 saturated carbocycles. The molecule has 0 aromatic rings. The van der Waals surface area contributed by atoms with Gasteiger partial charge in [-0.15, -0.1) is 0 Å². The van der Waals surface area contributed by atoms with Gasteiger partial charge in [0.05, 0.1) is 6.10 Å². The standard InChI is InChI=1S/C15H29N3O/c19-15(11-16-13-5-6-13)12-17-7-9-18(10-8-17)14-3-1-2-4-14/h13-16,19H,1-12H2. The van der Waals surface area contributed by atoms with Crippen LogP contribution in [0.3, 0.4) is 0 Å². The van der Waals surface area contributed by atoms with Gasteiger partial charge in [-0.25, -0.2) is 0 Å². The van der Waals surface area contributed by atoms with Crippen LogP contribution in [0, 0.1) is 0 Å². The first-order chi connectivity index (χ1) is 9.31. The average Bonchev–Trinajstić information content (AvgIpc) is 3.10. The molecule has 0 aromatic carbocycles. The molecule has 1 atom stereocenters. The summed E-state index contributed by atoms with van der Waals surface area (Å²) in [5, 5.41) is 13.5. The second-order valence-electron chi connectivity index (χ2n) is 6.61. The Kier molecular flexibility index (Phi) is 4.74. The van der Waals surface area contributed by atoms with Crippen LogP contribution in [0.25, 0.3) is 0 Å². The number of rotatable bonds is 6. The highest BCUT2D eigenvalue weighted by atomic mass is 16.3. The van der Waals surface area contributed by atoms with Crippen molar-refractivity contribution >= 4 is 0 Å².